The van der Waals surface area contributed by atoms with E-state index < -0.39 is 0 Å². The third-order valence-electron chi connectivity index (χ3n) is 3.50. The second kappa shape index (κ2) is 5.64. The van der Waals surface area contributed by atoms with Crippen LogP contribution in [0.5, 0.6) is 5.75 Å². The lowest BCUT2D eigenvalue weighted by atomic mass is 10.2. The summed E-state index contributed by atoms with van der Waals surface area (Å²) in [6, 6.07) is 8.33. The van der Waals surface area contributed by atoms with Crippen molar-refractivity contribution in [2.75, 3.05) is 0 Å². The van der Waals surface area contributed by atoms with Crippen LogP contribution in [0.3, 0.4) is 0 Å². The lowest BCUT2D eigenvalue weighted by molar-refractivity contribution is 0.245. The molecule has 3 rings (SSSR count). The highest BCUT2D eigenvalue weighted by atomic mass is 16.5. The van der Waals surface area contributed by atoms with Gasteiger partial charge in [-0.2, -0.15) is 5.10 Å². The van der Waals surface area contributed by atoms with Crippen molar-refractivity contribution in [2.24, 2.45) is 0 Å². The number of hydrogen-bond donors (Lipinski definition) is 0. The number of rotatable bonds is 5. The fraction of sp³-hybridized carbons (Fsp3) is 0.353. The van der Waals surface area contributed by atoms with E-state index in [-0.39, 0.29) is 6.10 Å². The van der Waals surface area contributed by atoms with Gasteiger partial charge >= 0.3 is 0 Å². The molecule has 0 amide bonds. The predicted octanol–water partition coefficient (Wildman–Crippen LogP) is 3.69. The Hall–Kier alpha value is -2.23. The molecule has 3 aromatic rings. The van der Waals surface area contributed by atoms with Gasteiger partial charge in [0.2, 0.25) is 0 Å². The maximum atomic E-state index is 5.88. The van der Waals surface area contributed by atoms with E-state index >= 15 is 0 Å². The van der Waals surface area contributed by atoms with Crippen molar-refractivity contribution in [3.8, 4) is 5.75 Å². The first-order valence-corrected chi connectivity index (χ1v) is 7.43. The van der Waals surface area contributed by atoms with Gasteiger partial charge < -0.3 is 9.30 Å². The number of benzene rings is 1. The molecule has 0 fully saturated rings. The van der Waals surface area contributed by atoms with Crippen molar-refractivity contribution in [3.63, 3.8) is 0 Å². The first-order valence-electron chi connectivity index (χ1n) is 7.43. The van der Waals surface area contributed by atoms with Gasteiger partial charge in [-0.1, -0.05) is 6.07 Å². The molecule has 4 nitrogen and oxygen atoms in total. The summed E-state index contributed by atoms with van der Waals surface area (Å²) < 4.78 is 10.1. The molecule has 0 unspecified atom stereocenters. The molecule has 0 radical (unpaired) electrons. The third kappa shape index (κ3) is 2.79. The van der Waals surface area contributed by atoms with Crippen molar-refractivity contribution in [1.82, 2.24) is 14.3 Å². The SMILES string of the molecule is CCn1cc(Cn2ccc3c(OC(C)C)cccc32)cn1. The number of hydrogen-bond acceptors (Lipinski definition) is 2. The number of fused-ring (bicyclic) bond motifs is 1. The molecular formula is C17H21N3O. The second-order valence-electron chi connectivity index (χ2n) is 5.50. The summed E-state index contributed by atoms with van der Waals surface area (Å²) in [6.07, 6.45) is 6.33. The minimum absolute atomic E-state index is 0.182. The van der Waals surface area contributed by atoms with Gasteiger partial charge in [-0.15, -0.1) is 0 Å². The van der Waals surface area contributed by atoms with Crippen LogP contribution in [0.25, 0.3) is 10.9 Å². The smallest absolute Gasteiger partial charge is 0.129 e. The van der Waals surface area contributed by atoms with E-state index in [9.17, 15) is 0 Å². The van der Waals surface area contributed by atoms with Gasteiger partial charge in [-0.05, 0) is 39.0 Å². The van der Waals surface area contributed by atoms with Crippen LogP contribution in [-0.2, 0) is 13.1 Å². The van der Waals surface area contributed by atoms with Crippen LogP contribution < -0.4 is 4.74 Å². The molecular weight excluding hydrogens is 262 g/mol. The fourth-order valence-electron chi connectivity index (χ4n) is 2.55. The average molecular weight is 283 g/mol. The summed E-state index contributed by atoms with van der Waals surface area (Å²) in [5.41, 5.74) is 2.40. The molecule has 2 heterocycles. The Balaban J connectivity index is 1.93. The summed E-state index contributed by atoms with van der Waals surface area (Å²) in [6.45, 7) is 7.93. The fourth-order valence-corrected chi connectivity index (χ4v) is 2.55. The molecule has 0 saturated heterocycles. The number of aromatic nitrogens is 3. The van der Waals surface area contributed by atoms with E-state index in [0.29, 0.717) is 0 Å². The van der Waals surface area contributed by atoms with Crippen molar-refractivity contribution in [1.29, 1.82) is 0 Å². The van der Waals surface area contributed by atoms with E-state index in [4.69, 9.17) is 4.74 Å². The summed E-state index contributed by atoms with van der Waals surface area (Å²) >= 11 is 0. The molecule has 0 spiro atoms. The minimum Gasteiger partial charge on any atom is -0.490 e. The van der Waals surface area contributed by atoms with Crippen LogP contribution in [0.1, 0.15) is 26.3 Å². The van der Waals surface area contributed by atoms with E-state index in [0.717, 1.165) is 24.2 Å². The van der Waals surface area contributed by atoms with Crippen LogP contribution in [0.2, 0.25) is 0 Å². The van der Waals surface area contributed by atoms with Crippen molar-refractivity contribution in [3.05, 3.63) is 48.4 Å². The van der Waals surface area contributed by atoms with E-state index in [1.54, 1.807) is 0 Å². The second-order valence-corrected chi connectivity index (χ2v) is 5.50. The molecule has 21 heavy (non-hydrogen) atoms. The summed E-state index contributed by atoms with van der Waals surface area (Å²) in [5.74, 6) is 0.950. The zero-order chi connectivity index (χ0) is 14.8. The van der Waals surface area contributed by atoms with Crippen LogP contribution in [0.4, 0.5) is 0 Å². The highest BCUT2D eigenvalue weighted by Gasteiger charge is 2.08. The Labute approximate surface area is 124 Å². The molecule has 0 aliphatic heterocycles. The zero-order valence-corrected chi connectivity index (χ0v) is 12.8. The third-order valence-corrected chi connectivity index (χ3v) is 3.50. The van der Waals surface area contributed by atoms with Crippen LogP contribution in [0.15, 0.2) is 42.9 Å². The highest BCUT2D eigenvalue weighted by molar-refractivity contribution is 5.86. The van der Waals surface area contributed by atoms with Gasteiger partial charge in [0, 0.05) is 29.9 Å². The molecule has 1 aromatic carbocycles. The lowest BCUT2D eigenvalue weighted by Gasteiger charge is -2.11. The number of ether oxygens (including phenoxy) is 1. The van der Waals surface area contributed by atoms with Gasteiger partial charge in [-0.25, -0.2) is 0 Å². The summed E-state index contributed by atoms with van der Waals surface area (Å²) in [5, 5.41) is 5.49. The molecule has 0 saturated carbocycles. The average Bonchev–Trinajstić information content (AvgIpc) is 3.07. The molecule has 2 aromatic heterocycles. The van der Waals surface area contributed by atoms with Crippen LogP contribution in [-0.4, -0.2) is 20.5 Å². The first-order chi connectivity index (χ1) is 10.2. The lowest BCUT2D eigenvalue weighted by Crippen LogP contribution is -2.05. The molecule has 4 heteroatoms. The standard InChI is InChI=1S/C17H21N3O/c1-4-20-12-14(10-18-20)11-19-9-8-15-16(19)6-5-7-17(15)21-13(2)3/h5-10,12-13H,4,11H2,1-3H3. The van der Waals surface area contributed by atoms with E-state index in [2.05, 4.69) is 55.0 Å². The summed E-state index contributed by atoms with van der Waals surface area (Å²) in [4.78, 5) is 0. The highest BCUT2D eigenvalue weighted by Crippen LogP contribution is 2.27. The Bertz CT molecular complexity index is 739. The molecule has 0 aliphatic carbocycles. The molecule has 0 aliphatic rings. The largest absolute Gasteiger partial charge is 0.490 e. The predicted molar refractivity (Wildman–Crippen MR) is 84.7 cm³/mol. The Morgan fingerprint density at radius 2 is 2.10 bits per heavy atom. The maximum Gasteiger partial charge on any atom is 0.129 e. The van der Waals surface area contributed by atoms with Crippen molar-refractivity contribution in [2.45, 2.75) is 40.0 Å². The van der Waals surface area contributed by atoms with Crippen LogP contribution >= 0.6 is 0 Å². The molecule has 0 bridgehead atoms. The molecule has 0 atom stereocenters. The zero-order valence-electron chi connectivity index (χ0n) is 12.8. The number of nitrogens with zero attached hydrogens (tertiary/aromatic N) is 3. The Morgan fingerprint density at radius 1 is 1.24 bits per heavy atom. The Morgan fingerprint density at radius 3 is 2.81 bits per heavy atom. The number of aryl methyl sites for hydroxylation is 1. The van der Waals surface area contributed by atoms with E-state index in [1.807, 2.05) is 23.0 Å². The van der Waals surface area contributed by atoms with Gasteiger partial charge in [0.05, 0.1) is 24.4 Å². The minimum atomic E-state index is 0.182. The van der Waals surface area contributed by atoms with Gasteiger partial charge in [-0.3, -0.25) is 4.68 Å². The van der Waals surface area contributed by atoms with Crippen LogP contribution in [0, 0.1) is 0 Å². The van der Waals surface area contributed by atoms with E-state index in [1.165, 1.54) is 11.1 Å². The monoisotopic (exact) mass is 283 g/mol. The quantitative estimate of drug-likeness (QED) is 0.715. The van der Waals surface area contributed by atoms with Gasteiger partial charge in [0.15, 0.2) is 0 Å². The Kier molecular flexibility index (Phi) is 3.69. The van der Waals surface area contributed by atoms with Gasteiger partial charge in [0.1, 0.15) is 5.75 Å². The maximum absolute atomic E-state index is 5.88. The topological polar surface area (TPSA) is 32.0 Å². The first kappa shape index (κ1) is 13.7. The summed E-state index contributed by atoms with van der Waals surface area (Å²) in [7, 11) is 0. The van der Waals surface area contributed by atoms with Crippen molar-refractivity contribution >= 4 is 10.9 Å². The van der Waals surface area contributed by atoms with Crippen molar-refractivity contribution < 1.29 is 4.74 Å². The molecule has 0 N–H and O–H groups in total. The van der Waals surface area contributed by atoms with Gasteiger partial charge in [0.25, 0.3) is 0 Å². The molecule has 110 valence electrons. The normalized spacial score (nSPS) is 11.4.